The quantitative estimate of drug-likeness (QED) is 0.717. The minimum Gasteiger partial charge on any atom is -0.481 e. The summed E-state index contributed by atoms with van der Waals surface area (Å²) in [6.07, 6.45) is 0. The second-order valence-corrected chi connectivity index (χ2v) is 7.32. The van der Waals surface area contributed by atoms with Crippen LogP contribution < -0.4 is 0 Å². The Kier molecular flexibility index (Phi) is 5.45. The number of rotatable bonds is 5. The number of halogens is 2. The van der Waals surface area contributed by atoms with Crippen molar-refractivity contribution in [1.82, 2.24) is 14.8 Å². The van der Waals surface area contributed by atoms with Crippen LogP contribution >= 0.6 is 43.6 Å². The lowest BCUT2D eigenvalue weighted by Gasteiger charge is -2.13. The highest BCUT2D eigenvalue weighted by Crippen LogP contribution is 2.31. The summed E-state index contributed by atoms with van der Waals surface area (Å²) in [4.78, 5) is 10.8. The lowest BCUT2D eigenvalue weighted by atomic mass is 10.2. The summed E-state index contributed by atoms with van der Waals surface area (Å²) >= 11 is 8.14. The minimum absolute atomic E-state index is 0.0537. The van der Waals surface area contributed by atoms with Gasteiger partial charge in [0, 0.05) is 14.9 Å². The van der Waals surface area contributed by atoms with Gasteiger partial charge in [0.2, 0.25) is 0 Å². The van der Waals surface area contributed by atoms with Gasteiger partial charge in [-0.3, -0.25) is 9.36 Å². The summed E-state index contributed by atoms with van der Waals surface area (Å²) in [7, 11) is 0. The monoisotopic (exact) mass is 433 g/mol. The molecule has 0 unspecified atom stereocenters. The maximum Gasteiger partial charge on any atom is 0.313 e. The molecule has 5 nitrogen and oxygen atoms in total. The van der Waals surface area contributed by atoms with Crippen molar-refractivity contribution in [2.45, 2.75) is 24.9 Å². The standard InChI is InChI=1S/C13H13Br2N3O2S/c1-7(2)12-16-17-13(21-6-11(19)20)18(12)10-5-8(14)3-4-9(10)15/h3-5,7H,6H2,1-2H3,(H,19,20). The molecule has 0 spiro atoms. The van der Waals surface area contributed by atoms with Crippen LogP contribution in [-0.2, 0) is 4.79 Å². The third kappa shape index (κ3) is 3.87. The molecule has 0 aliphatic heterocycles. The third-order valence-electron chi connectivity index (χ3n) is 2.65. The second-order valence-electron chi connectivity index (χ2n) is 4.61. The summed E-state index contributed by atoms with van der Waals surface area (Å²) in [6.45, 7) is 4.05. The number of carbonyl (C=O) groups is 1. The van der Waals surface area contributed by atoms with Gasteiger partial charge in [-0.1, -0.05) is 41.5 Å². The van der Waals surface area contributed by atoms with E-state index in [0.29, 0.717) is 5.16 Å². The van der Waals surface area contributed by atoms with Gasteiger partial charge in [-0.15, -0.1) is 10.2 Å². The number of hydrogen-bond donors (Lipinski definition) is 1. The van der Waals surface area contributed by atoms with Crippen molar-refractivity contribution in [3.8, 4) is 5.69 Å². The molecule has 2 aromatic rings. The van der Waals surface area contributed by atoms with E-state index in [2.05, 4.69) is 42.1 Å². The van der Waals surface area contributed by atoms with E-state index in [0.717, 1.165) is 32.2 Å². The Labute approximate surface area is 143 Å². The molecule has 0 saturated heterocycles. The molecule has 0 atom stereocenters. The summed E-state index contributed by atoms with van der Waals surface area (Å²) in [5, 5.41) is 17.8. The van der Waals surface area contributed by atoms with Gasteiger partial charge in [0.25, 0.3) is 0 Å². The Hall–Kier alpha value is -0.860. The molecule has 0 aliphatic carbocycles. The fourth-order valence-corrected chi connectivity index (χ4v) is 3.20. The van der Waals surface area contributed by atoms with Gasteiger partial charge in [0.05, 0.1) is 11.4 Å². The zero-order valence-electron chi connectivity index (χ0n) is 11.4. The van der Waals surface area contributed by atoms with E-state index in [1.54, 1.807) is 0 Å². The molecule has 1 N–H and O–H groups in total. The highest BCUT2D eigenvalue weighted by molar-refractivity contribution is 9.11. The van der Waals surface area contributed by atoms with Crippen molar-refractivity contribution in [2.75, 3.05) is 5.75 Å². The van der Waals surface area contributed by atoms with Crippen LogP contribution in [0.5, 0.6) is 0 Å². The first-order valence-corrected chi connectivity index (χ1v) is 8.72. The van der Waals surface area contributed by atoms with Crippen LogP contribution in [0.25, 0.3) is 5.69 Å². The number of hydrogen-bond acceptors (Lipinski definition) is 4. The zero-order chi connectivity index (χ0) is 15.6. The molecular weight excluding hydrogens is 422 g/mol. The first kappa shape index (κ1) is 16.5. The number of carboxylic acid groups (broad SMARTS) is 1. The first-order valence-electron chi connectivity index (χ1n) is 6.15. The Bertz CT molecular complexity index is 673. The van der Waals surface area contributed by atoms with Crippen LogP contribution in [0.3, 0.4) is 0 Å². The third-order valence-corrected chi connectivity index (χ3v) is 4.73. The van der Waals surface area contributed by atoms with Crippen LogP contribution in [0, 0.1) is 0 Å². The number of benzene rings is 1. The Balaban J connectivity index is 2.55. The number of aliphatic carboxylic acids is 1. The lowest BCUT2D eigenvalue weighted by Crippen LogP contribution is -2.06. The lowest BCUT2D eigenvalue weighted by molar-refractivity contribution is -0.133. The van der Waals surface area contributed by atoms with Crippen molar-refractivity contribution in [1.29, 1.82) is 0 Å². The van der Waals surface area contributed by atoms with E-state index >= 15 is 0 Å². The van der Waals surface area contributed by atoms with Crippen LogP contribution in [-0.4, -0.2) is 31.6 Å². The van der Waals surface area contributed by atoms with Gasteiger partial charge in [0.1, 0.15) is 5.82 Å². The molecule has 0 saturated carbocycles. The average Bonchev–Trinajstić information content (AvgIpc) is 2.83. The highest BCUT2D eigenvalue weighted by atomic mass is 79.9. The topological polar surface area (TPSA) is 68.0 Å². The predicted molar refractivity (Wildman–Crippen MR) is 89.2 cm³/mol. The normalized spacial score (nSPS) is 11.1. The van der Waals surface area contributed by atoms with Crippen molar-refractivity contribution >= 4 is 49.6 Å². The smallest absolute Gasteiger partial charge is 0.313 e. The summed E-state index contributed by atoms with van der Waals surface area (Å²) < 4.78 is 3.72. The van der Waals surface area contributed by atoms with Crippen molar-refractivity contribution in [2.24, 2.45) is 0 Å². The molecule has 0 fully saturated rings. The summed E-state index contributed by atoms with van der Waals surface area (Å²) in [5.74, 6) is 0.0280. The summed E-state index contributed by atoms with van der Waals surface area (Å²) in [5.41, 5.74) is 0.881. The molecule has 112 valence electrons. The number of thioether (sulfide) groups is 1. The predicted octanol–water partition coefficient (Wildman–Crippen LogP) is 4.09. The number of nitrogens with zero attached hydrogens (tertiary/aromatic N) is 3. The van der Waals surface area contributed by atoms with Crippen molar-refractivity contribution in [3.63, 3.8) is 0 Å². The zero-order valence-corrected chi connectivity index (χ0v) is 15.4. The molecule has 2 rings (SSSR count). The number of carboxylic acids is 1. The molecule has 0 radical (unpaired) electrons. The van der Waals surface area contributed by atoms with E-state index in [-0.39, 0.29) is 11.7 Å². The number of aromatic nitrogens is 3. The largest absolute Gasteiger partial charge is 0.481 e. The van der Waals surface area contributed by atoms with Crippen LogP contribution in [0.2, 0.25) is 0 Å². The van der Waals surface area contributed by atoms with E-state index in [4.69, 9.17) is 5.11 Å². The molecule has 1 aromatic heterocycles. The van der Waals surface area contributed by atoms with E-state index in [9.17, 15) is 4.79 Å². The van der Waals surface area contributed by atoms with Gasteiger partial charge in [-0.05, 0) is 34.1 Å². The van der Waals surface area contributed by atoms with Gasteiger partial charge in [-0.25, -0.2) is 0 Å². The first-order chi connectivity index (χ1) is 9.90. The fourth-order valence-electron chi connectivity index (χ4n) is 1.76. The highest BCUT2D eigenvalue weighted by Gasteiger charge is 2.19. The summed E-state index contributed by atoms with van der Waals surface area (Å²) in [6, 6.07) is 5.80. The van der Waals surface area contributed by atoms with E-state index in [1.165, 1.54) is 0 Å². The molecule has 21 heavy (non-hydrogen) atoms. The Morgan fingerprint density at radius 3 is 2.71 bits per heavy atom. The average molecular weight is 435 g/mol. The fraction of sp³-hybridized carbons (Fsp3) is 0.308. The van der Waals surface area contributed by atoms with Gasteiger partial charge >= 0.3 is 5.97 Å². The Morgan fingerprint density at radius 1 is 1.38 bits per heavy atom. The van der Waals surface area contributed by atoms with Crippen LogP contribution in [0.15, 0.2) is 32.3 Å². The molecule has 1 heterocycles. The molecule has 8 heteroatoms. The SMILES string of the molecule is CC(C)c1nnc(SCC(=O)O)n1-c1cc(Br)ccc1Br. The van der Waals surface area contributed by atoms with Gasteiger partial charge in [-0.2, -0.15) is 0 Å². The second kappa shape index (κ2) is 6.93. The van der Waals surface area contributed by atoms with Crippen LogP contribution in [0.4, 0.5) is 0 Å². The van der Waals surface area contributed by atoms with Crippen LogP contribution in [0.1, 0.15) is 25.6 Å². The maximum absolute atomic E-state index is 10.8. The molecule has 0 amide bonds. The molecular formula is C13H13Br2N3O2S. The van der Waals surface area contributed by atoms with E-state index < -0.39 is 5.97 Å². The van der Waals surface area contributed by atoms with E-state index in [1.807, 2.05) is 36.6 Å². The molecule has 1 aromatic carbocycles. The minimum atomic E-state index is -0.881. The van der Waals surface area contributed by atoms with Gasteiger partial charge in [0.15, 0.2) is 5.16 Å². The Morgan fingerprint density at radius 2 is 2.10 bits per heavy atom. The van der Waals surface area contributed by atoms with Gasteiger partial charge < -0.3 is 5.11 Å². The molecule has 0 aliphatic rings. The van der Waals surface area contributed by atoms with Crippen molar-refractivity contribution < 1.29 is 9.90 Å². The molecule has 0 bridgehead atoms. The maximum atomic E-state index is 10.8. The van der Waals surface area contributed by atoms with Crippen molar-refractivity contribution in [3.05, 3.63) is 33.0 Å².